The summed E-state index contributed by atoms with van der Waals surface area (Å²) in [6.45, 7) is 2.08. The molecule has 2 aromatic rings. The number of fused-ring (bicyclic) bond motifs is 1. The molecule has 0 amide bonds. The first kappa shape index (κ1) is 9.79. The Morgan fingerprint density at radius 1 is 1.54 bits per heavy atom. The molecule has 68 valence electrons. The summed E-state index contributed by atoms with van der Waals surface area (Å²) in [6, 6.07) is 4.19. The molecule has 1 aromatic carbocycles. The molecule has 0 aliphatic rings. The van der Waals surface area contributed by atoms with Crippen LogP contribution in [0.3, 0.4) is 0 Å². The van der Waals surface area contributed by atoms with Gasteiger partial charge in [-0.3, -0.25) is 0 Å². The van der Waals surface area contributed by atoms with Crippen LogP contribution in [0.25, 0.3) is 10.9 Å². The summed E-state index contributed by atoms with van der Waals surface area (Å²) in [4.78, 5) is 0. The van der Waals surface area contributed by atoms with Crippen molar-refractivity contribution in [2.75, 3.05) is 0 Å². The fraction of sp³-hybridized carbons (Fsp3) is 0.125. The highest BCUT2D eigenvalue weighted by atomic mass is 127. The molecule has 1 aromatic heterocycles. The van der Waals surface area contributed by atoms with Crippen LogP contribution in [-0.4, -0.2) is 9.19 Å². The maximum Gasteiger partial charge on any atom is 0.0832 e. The van der Waals surface area contributed by atoms with Crippen molar-refractivity contribution in [3.05, 3.63) is 28.4 Å². The van der Waals surface area contributed by atoms with Crippen molar-refractivity contribution in [3.8, 4) is 0 Å². The summed E-state index contributed by atoms with van der Waals surface area (Å²) in [5.74, 6) is 0. The molecular formula is C8H6BrIN2S. The first-order chi connectivity index (χ1) is 6.24. The quantitative estimate of drug-likeness (QED) is 0.709. The molecule has 2 rings (SSSR count). The fourth-order valence-corrected chi connectivity index (χ4v) is 2.90. The number of benzene rings is 1. The zero-order valence-electron chi connectivity index (χ0n) is 6.79. The van der Waals surface area contributed by atoms with E-state index in [1.807, 2.05) is 10.3 Å². The van der Waals surface area contributed by atoms with E-state index >= 15 is 0 Å². The average molecular weight is 369 g/mol. The predicted molar refractivity (Wildman–Crippen MR) is 69.2 cm³/mol. The van der Waals surface area contributed by atoms with Gasteiger partial charge in [0.25, 0.3) is 0 Å². The van der Waals surface area contributed by atoms with Gasteiger partial charge in [-0.15, -0.1) is 0 Å². The molecule has 5 heteroatoms. The van der Waals surface area contributed by atoms with Crippen LogP contribution in [0.2, 0.25) is 0 Å². The number of aromatic nitrogens is 2. The molecular weight excluding hydrogens is 363 g/mol. The molecule has 0 radical (unpaired) electrons. The third kappa shape index (κ3) is 1.61. The van der Waals surface area contributed by atoms with Crippen LogP contribution in [0.1, 0.15) is 5.56 Å². The second-order valence-electron chi connectivity index (χ2n) is 2.72. The molecule has 0 atom stereocenters. The highest BCUT2D eigenvalue weighted by Crippen LogP contribution is 2.30. The van der Waals surface area contributed by atoms with Gasteiger partial charge in [-0.2, -0.15) is 9.19 Å². The van der Waals surface area contributed by atoms with Crippen molar-refractivity contribution >= 4 is 57.2 Å². The van der Waals surface area contributed by atoms with Gasteiger partial charge in [0.15, 0.2) is 0 Å². The largest absolute Gasteiger partial charge is 0.196 e. The Labute approximate surface area is 101 Å². The first-order valence-electron chi connectivity index (χ1n) is 3.66. The molecule has 0 bridgehead atoms. The average Bonchev–Trinajstić information content (AvgIpc) is 2.55. The maximum atomic E-state index is 4.26. The normalized spacial score (nSPS) is 11.0. The first-order valence-corrected chi connectivity index (χ1v) is 7.77. The zero-order valence-corrected chi connectivity index (χ0v) is 11.4. The van der Waals surface area contributed by atoms with Gasteiger partial charge >= 0.3 is 0 Å². The number of aryl methyl sites for hydroxylation is 1. The van der Waals surface area contributed by atoms with Crippen molar-refractivity contribution in [1.29, 1.82) is 0 Å². The van der Waals surface area contributed by atoms with Gasteiger partial charge in [0.1, 0.15) is 0 Å². The fourth-order valence-electron chi connectivity index (χ4n) is 1.21. The predicted octanol–water partition coefficient (Wildman–Crippen LogP) is 3.95. The molecule has 0 saturated carbocycles. The lowest BCUT2D eigenvalue weighted by atomic mass is 10.2. The van der Waals surface area contributed by atoms with E-state index < -0.39 is 0 Å². The number of rotatable bonds is 1. The summed E-state index contributed by atoms with van der Waals surface area (Å²) < 4.78 is 3.04. The van der Waals surface area contributed by atoms with Crippen molar-refractivity contribution < 1.29 is 0 Å². The van der Waals surface area contributed by atoms with E-state index in [1.165, 1.54) is 10.9 Å². The molecule has 2 nitrogen and oxygen atoms in total. The highest BCUT2D eigenvalue weighted by molar-refractivity contribution is 14.2. The number of halogens is 2. The van der Waals surface area contributed by atoms with Gasteiger partial charge in [0.05, 0.1) is 11.7 Å². The second-order valence-corrected chi connectivity index (χ2v) is 5.17. The Kier molecular flexibility index (Phi) is 2.85. The van der Waals surface area contributed by atoms with E-state index in [2.05, 4.69) is 61.3 Å². The summed E-state index contributed by atoms with van der Waals surface area (Å²) in [5.41, 5.74) is 2.39. The van der Waals surface area contributed by atoms with Crippen LogP contribution >= 0.6 is 46.3 Å². The van der Waals surface area contributed by atoms with Crippen molar-refractivity contribution in [2.45, 2.75) is 6.92 Å². The van der Waals surface area contributed by atoms with E-state index in [1.54, 1.807) is 9.12 Å². The zero-order chi connectivity index (χ0) is 9.42. The Morgan fingerprint density at radius 2 is 2.31 bits per heavy atom. The maximum absolute atomic E-state index is 4.26. The summed E-state index contributed by atoms with van der Waals surface area (Å²) >= 11 is 5.78. The molecule has 0 saturated heterocycles. The monoisotopic (exact) mass is 368 g/mol. The Hall–Kier alpha value is 0.250. The van der Waals surface area contributed by atoms with Crippen LogP contribution < -0.4 is 0 Å². The van der Waals surface area contributed by atoms with Crippen LogP contribution in [0.4, 0.5) is 0 Å². The van der Waals surface area contributed by atoms with Gasteiger partial charge in [-0.25, -0.2) is 0 Å². The van der Waals surface area contributed by atoms with Gasteiger partial charge < -0.3 is 0 Å². The molecule has 0 spiro atoms. The van der Waals surface area contributed by atoms with Gasteiger partial charge in [-0.05, 0) is 34.5 Å². The van der Waals surface area contributed by atoms with Gasteiger partial charge in [0.2, 0.25) is 0 Å². The molecule has 0 N–H and O–H groups in total. The van der Waals surface area contributed by atoms with Gasteiger partial charge in [0, 0.05) is 40.2 Å². The highest BCUT2D eigenvalue weighted by Gasteiger charge is 2.06. The topological polar surface area (TPSA) is 17.8 Å². The van der Waals surface area contributed by atoms with E-state index in [-0.39, 0.29) is 0 Å². The van der Waals surface area contributed by atoms with Crippen LogP contribution in [-0.2, 0) is 0 Å². The lowest BCUT2D eigenvalue weighted by molar-refractivity contribution is 1.05. The van der Waals surface area contributed by atoms with Crippen LogP contribution in [0.15, 0.2) is 22.8 Å². The summed E-state index contributed by atoms with van der Waals surface area (Å²) in [6.07, 6.45) is 1.89. The molecule has 0 aliphatic carbocycles. The Bertz CT molecular complexity index is 455. The minimum absolute atomic E-state index is 1.14. The van der Waals surface area contributed by atoms with Gasteiger partial charge in [-0.1, -0.05) is 6.07 Å². The van der Waals surface area contributed by atoms with Crippen LogP contribution in [0, 0.1) is 6.92 Å². The molecule has 0 aliphatic heterocycles. The van der Waals surface area contributed by atoms with E-state index in [0.29, 0.717) is 0 Å². The van der Waals surface area contributed by atoms with E-state index in [9.17, 15) is 0 Å². The van der Waals surface area contributed by atoms with E-state index in [0.717, 1.165) is 9.99 Å². The van der Waals surface area contributed by atoms with Crippen LogP contribution in [0.5, 0.6) is 0 Å². The van der Waals surface area contributed by atoms with Crippen molar-refractivity contribution in [3.63, 3.8) is 0 Å². The lowest BCUT2D eigenvalue weighted by Gasteiger charge is -1.99. The minimum Gasteiger partial charge on any atom is -0.196 e. The van der Waals surface area contributed by atoms with Crippen molar-refractivity contribution in [1.82, 2.24) is 9.19 Å². The standard InChI is InChI=1S/C8H6BrIN2S/c1-5-2-3-7-6(8(5)9)4-11-12(7)13-10/h2-4H,1H3. The third-order valence-electron chi connectivity index (χ3n) is 1.91. The second kappa shape index (κ2) is 3.78. The third-order valence-corrected chi connectivity index (χ3v) is 4.51. The minimum atomic E-state index is 1.14. The SMILES string of the molecule is Cc1ccc2c(cnn2SI)c1Br. The molecule has 13 heavy (non-hydrogen) atoms. The number of nitrogens with zero attached hydrogens (tertiary/aromatic N) is 2. The number of hydrogen-bond donors (Lipinski definition) is 0. The van der Waals surface area contributed by atoms with E-state index in [4.69, 9.17) is 0 Å². The molecule has 0 unspecified atom stereocenters. The number of hydrogen-bond acceptors (Lipinski definition) is 2. The lowest BCUT2D eigenvalue weighted by Crippen LogP contribution is -1.84. The Balaban J connectivity index is 2.81. The Morgan fingerprint density at radius 3 is 3.00 bits per heavy atom. The summed E-state index contributed by atoms with van der Waals surface area (Å²) in [5, 5.41) is 5.43. The smallest absolute Gasteiger partial charge is 0.0832 e. The van der Waals surface area contributed by atoms with Crippen molar-refractivity contribution in [2.24, 2.45) is 0 Å². The molecule has 1 heterocycles. The summed E-state index contributed by atoms with van der Waals surface area (Å²) in [7, 11) is 1.57. The molecule has 0 fully saturated rings.